The van der Waals surface area contributed by atoms with E-state index in [0.29, 0.717) is 6.10 Å². The molecule has 0 aliphatic carbocycles. The van der Waals surface area contributed by atoms with E-state index >= 15 is 0 Å². The lowest BCUT2D eigenvalue weighted by molar-refractivity contribution is 0.0614. The Hall–Kier alpha value is -0.120. The quantitative estimate of drug-likeness (QED) is 0.638. The fourth-order valence-corrected chi connectivity index (χ4v) is 1.63. The minimum Gasteiger partial charge on any atom is -0.377 e. The first-order chi connectivity index (χ1) is 7.06. The first-order valence-corrected chi connectivity index (χ1v) is 6.06. The fraction of sp³-hybridized carbons (Fsp3) is 1.00. The highest BCUT2D eigenvalue weighted by Crippen LogP contribution is 2.06. The Labute approximate surface area is 95.0 Å². The molecule has 1 unspecified atom stereocenters. The van der Waals surface area contributed by atoms with Gasteiger partial charge in [0.05, 0.1) is 12.7 Å². The van der Waals surface area contributed by atoms with E-state index in [0.717, 1.165) is 38.6 Å². The molecule has 0 aliphatic rings. The van der Waals surface area contributed by atoms with Gasteiger partial charge in [-0.15, -0.1) is 0 Å². The van der Waals surface area contributed by atoms with E-state index in [4.69, 9.17) is 10.5 Å². The fourth-order valence-electron chi connectivity index (χ4n) is 1.63. The molecule has 0 saturated heterocycles. The van der Waals surface area contributed by atoms with E-state index in [1.807, 2.05) is 0 Å². The molecule has 0 saturated carbocycles. The van der Waals surface area contributed by atoms with Gasteiger partial charge in [0, 0.05) is 13.1 Å². The van der Waals surface area contributed by atoms with Crippen molar-refractivity contribution < 1.29 is 4.74 Å². The van der Waals surface area contributed by atoms with Crippen molar-refractivity contribution >= 4 is 0 Å². The molecule has 0 amide bonds. The molecule has 3 heteroatoms. The number of rotatable bonds is 9. The molecule has 0 aliphatic heterocycles. The van der Waals surface area contributed by atoms with Gasteiger partial charge in [-0.1, -0.05) is 6.92 Å². The summed E-state index contributed by atoms with van der Waals surface area (Å²) < 4.78 is 5.51. The SMILES string of the molecule is CC(CCCN)CN(C)CCOC(C)C. The summed E-state index contributed by atoms with van der Waals surface area (Å²) in [6, 6.07) is 0. The smallest absolute Gasteiger partial charge is 0.0596 e. The molecule has 0 heterocycles. The molecule has 0 aromatic carbocycles. The average molecular weight is 216 g/mol. The van der Waals surface area contributed by atoms with Gasteiger partial charge in [-0.2, -0.15) is 0 Å². The first-order valence-electron chi connectivity index (χ1n) is 6.06. The van der Waals surface area contributed by atoms with Gasteiger partial charge < -0.3 is 15.4 Å². The molecule has 0 bridgehead atoms. The Bertz CT molecular complexity index is 140. The summed E-state index contributed by atoms with van der Waals surface area (Å²) >= 11 is 0. The Morgan fingerprint density at radius 2 is 1.93 bits per heavy atom. The van der Waals surface area contributed by atoms with Gasteiger partial charge in [0.25, 0.3) is 0 Å². The summed E-state index contributed by atoms with van der Waals surface area (Å²) in [6.07, 6.45) is 2.71. The zero-order chi connectivity index (χ0) is 11.7. The molecule has 15 heavy (non-hydrogen) atoms. The highest BCUT2D eigenvalue weighted by atomic mass is 16.5. The van der Waals surface area contributed by atoms with Crippen LogP contribution in [0.2, 0.25) is 0 Å². The van der Waals surface area contributed by atoms with Crippen molar-refractivity contribution in [3.8, 4) is 0 Å². The predicted octanol–water partition coefficient (Wildman–Crippen LogP) is 1.72. The normalized spacial score (nSPS) is 13.8. The van der Waals surface area contributed by atoms with Crippen molar-refractivity contribution in [1.82, 2.24) is 4.90 Å². The molecule has 0 aromatic rings. The molecule has 0 rings (SSSR count). The van der Waals surface area contributed by atoms with E-state index < -0.39 is 0 Å². The van der Waals surface area contributed by atoms with Crippen LogP contribution in [0.3, 0.4) is 0 Å². The first kappa shape index (κ1) is 14.9. The summed E-state index contributed by atoms with van der Waals surface area (Å²) in [5, 5.41) is 0. The van der Waals surface area contributed by atoms with E-state index in [-0.39, 0.29) is 0 Å². The van der Waals surface area contributed by atoms with Gasteiger partial charge in [-0.05, 0) is 46.2 Å². The van der Waals surface area contributed by atoms with Gasteiger partial charge in [-0.25, -0.2) is 0 Å². The largest absolute Gasteiger partial charge is 0.377 e. The van der Waals surface area contributed by atoms with Gasteiger partial charge in [0.15, 0.2) is 0 Å². The summed E-state index contributed by atoms with van der Waals surface area (Å²) in [7, 11) is 2.16. The Balaban J connectivity index is 3.42. The van der Waals surface area contributed by atoms with Crippen LogP contribution >= 0.6 is 0 Å². The number of nitrogens with zero attached hydrogens (tertiary/aromatic N) is 1. The Morgan fingerprint density at radius 3 is 2.47 bits per heavy atom. The standard InChI is InChI=1S/C12H28N2O/c1-11(2)15-9-8-14(4)10-12(3)6-5-7-13/h11-12H,5-10,13H2,1-4H3. The van der Waals surface area contributed by atoms with Crippen LogP contribution in [0.25, 0.3) is 0 Å². The van der Waals surface area contributed by atoms with E-state index in [9.17, 15) is 0 Å². The summed E-state index contributed by atoms with van der Waals surface area (Å²) in [5.41, 5.74) is 5.49. The Kier molecular flexibility index (Phi) is 9.06. The molecule has 0 aromatic heterocycles. The molecule has 0 radical (unpaired) electrons. The number of hydrogen-bond acceptors (Lipinski definition) is 3. The van der Waals surface area contributed by atoms with Crippen molar-refractivity contribution in [2.24, 2.45) is 11.7 Å². The van der Waals surface area contributed by atoms with E-state index in [1.165, 1.54) is 6.42 Å². The topological polar surface area (TPSA) is 38.5 Å². The number of likely N-dealkylation sites (N-methyl/N-ethyl adjacent to an activating group) is 1. The summed E-state index contributed by atoms with van der Waals surface area (Å²) in [6.45, 7) is 10.2. The zero-order valence-corrected chi connectivity index (χ0v) is 10.8. The predicted molar refractivity (Wildman–Crippen MR) is 66.0 cm³/mol. The average Bonchev–Trinajstić information content (AvgIpc) is 2.14. The number of ether oxygens (including phenoxy) is 1. The van der Waals surface area contributed by atoms with Crippen LogP contribution < -0.4 is 5.73 Å². The van der Waals surface area contributed by atoms with Gasteiger partial charge in [0.2, 0.25) is 0 Å². The molecule has 2 N–H and O–H groups in total. The van der Waals surface area contributed by atoms with Crippen LogP contribution in [0.5, 0.6) is 0 Å². The van der Waals surface area contributed by atoms with Crippen LogP contribution in [0, 0.1) is 5.92 Å². The minimum absolute atomic E-state index is 0.341. The third-order valence-electron chi connectivity index (χ3n) is 2.45. The Morgan fingerprint density at radius 1 is 1.27 bits per heavy atom. The highest BCUT2D eigenvalue weighted by Gasteiger charge is 2.06. The van der Waals surface area contributed by atoms with Crippen molar-refractivity contribution in [2.75, 3.05) is 33.3 Å². The van der Waals surface area contributed by atoms with E-state index in [1.54, 1.807) is 0 Å². The second-order valence-electron chi connectivity index (χ2n) is 4.72. The molecule has 92 valence electrons. The minimum atomic E-state index is 0.341. The van der Waals surface area contributed by atoms with Crippen molar-refractivity contribution in [2.45, 2.75) is 39.7 Å². The van der Waals surface area contributed by atoms with Gasteiger partial charge >= 0.3 is 0 Å². The van der Waals surface area contributed by atoms with Crippen LogP contribution in [0.4, 0.5) is 0 Å². The van der Waals surface area contributed by atoms with E-state index in [2.05, 4.69) is 32.7 Å². The molecular weight excluding hydrogens is 188 g/mol. The lowest BCUT2D eigenvalue weighted by Crippen LogP contribution is -2.29. The van der Waals surface area contributed by atoms with Crippen molar-refractivity contribution in [3.63, 3.8) is 0 Å². The third kappa shape index (κ3) is 10.2. The maximum absolute atomic E-state index is 5.51. The van der Waals surface area contributed by atoms with Gasteiger partial charge in [0.1, 0.15) is 0 Å². The van der Waals surface area contributed by atoms with Crippen LogP contribution in [0.15, 0.2) is 0 Å². The van der Waals surface area contributed by atoms with Crippen LogP contribution in [-0.2, 0) is 4.74 Å². The van der Waals surface area contributed by atoms with Gasteiger partial charge in [-0.3, -0.25) is 0 Å². The van der Waals surface area contributed by atoms with Crippen LogP contribution in [-0.4, -0.2) is 44.3 Å². The summed E-state index contributed by atoms with van der Waals surface area (Å²) in [5.74, 6) is 0.734. The monoisotopic (exact) mass is 216 g/mol. The molecule has 0 spiro atoms. The van der Waals surface area contributed by atoms with Crippen molar-refractivity contribution in [3.05, 3.63) is 0 Å². The molecule has 0 fully saturated rings. The molecular formula is C12H28N2O. The number of hydrogen-bond donors (Lipinski definition) is 1. The summed E-state index contributed by atoms with van der Waals surface area (Å²) in [4.78, 5) is 2.34. The van der Waals surface area contributed by atoms with Crippen molar-refractivity contribution in [1.29, 1.82) is 0 Å². The zero-order valence-electron chi connectivity index (χ0n) is 10.8. The molecule has 3 nitrogen and oxygen atoms in total. The highest BCUT2D eigenvalue weighted by molar-refractivity contribution is 4.59. The third-order valence-corrected chi connectivity index (χ3v) is 2.45. The molecule has 1 atom stereocenters. The maximum Gasteiger partial charge on any atom is 0.0596 e. The second kappa shape index (κ2) is 9.13. The number of nitrogens with two attached hydrogens (primary N) is 1. The maximum atomic E-state index is 5.51. The van der Waals surface area contributed by atoms with Crippen LogP contribution in [0.1, 0.15) is 33.6 Å². The lowest BCUT2D eigenvalue weighted by Gasteiger charge is -2.21. The second-order valence-corrected chi connectivity index (χ2v) is 4.72. The lowest BCUT2D eigenvalue weighted by atomic mass is 10.1.